The Hall–Kier alpha value is -3.52. The van der Waals surface area contributed by atoms with Gasteiger partial charge in [-0.3, -0.25) is 9.48 Å². The third kappa shape index (κ3) is 3.56. The predicted molar refractivity (Wildman–Crippen MR) is 99.3 cm³/mol. The normalized spacial score (nSPS) is 12.2. The van der Waals surface area contributed by atoms with Gasteiger partial charge in [0, 0.05) is 18.1 Å². The summed E-state index contributed by atoms with van der Waals surface area (Å²) >= 11 is 0. The summed E-state index contributed by atoms with van der Waals surface area (Å²) in [7, 11) is 0. The van der Waals surface area contributed by atoms with Crippen molar-refractivity contribution in [1.29, 1.82) is 0 Å². The maximum atomic E-state index is 12.5. The Labute approximate surface area is 155 Å². The van der Waals surface area contributed by atoms with Gasteiger partial charge in [0.1, 0.15) is 24.0 Å². The molecule has 1 atom stereocenters. The van der Waals surface area contributed by atoms with E-state index in [0.717, 1.165) is 16.8 Å². The van der Waals surface area contributed by atoms with Gasteiger partial charge >= 0.3 is 0 Å². The van der Waals surface area contributed by atoms with Crippen LogP contribution in [0.2, 0.25) is 0 Å². The second-order valence-corrected chi connectivity index (χ2v) is 6.26. The fourth-order valence-corrected chi connectivity index (χ4v) is 2.86. The number of hydrogen-bond acceptors (Lipinski definition) is 5. The summed E-state index contributed by atoms with van der Waals surface area (Å²) in [5.41, 5.74) is 3.47. The first-order valence-corrected chi connectivity index (χ1v) is 8.46. The highest BCUT2D eigenvalue weighted by Gasteiger charge is 2.13. The average molecular weight is 362 g/mol. The lowest BCUT2D eigenvalue weighted by atomic mass is 10.1. The number of amides is 1. The van der Waals surface area contributed by atoms with E-state index in [0.29, 0.717) is 17.9 Å². The van der Waals surface area contributed by atoms with Crippen molar-refractivity contribution in [3.8, 4) is 0 Å². The molecule has 1 amide bonds. The number of aromatic nitrogens is 5. The summed E-state index contributed by atoms with van der Waals surface area (Å²) in [5.74, 6) is -0.283. The molecule has 3 aromatic heterocycles. The maximum Gasteiger partial charge on any atom is 0.275 e. The number of rotatable bonds is 5. The minimum Gasteiger partial charge on any atom is -0.386 e. The monoisotopic (exact) mass is 362 g/mol. The minimum atomic E-state index is -0.710. The van der Waals surface area contributed by atoms with Gasteiger partial charge in [-0.25, -0.2) is 9.97 Å². The number of pyridine rings is 1. The van der Waals surface area contributed by atoms with Crippen molar-refractivity contribution in [3.63, 3.8) is 0 Å². The first kappa shape index (κ1) is 16.9. The molecule has 0 radical (unpaired) electrons. The molecule has 27 heavy (non-hydrogen) atoms. The highest BCUT2D eigenvalue weighted by Crippen LogP contribution is 2.18. The van der Waals surface area contributed by atoms with Crippen LogP contribution in [0, 0.1) is 6.92 Å². The van der Waals surface area contributed by atoms with Crippen LogP contribution in [0.5, 0.6) is 0 Å². The van der Waals surface area contributed by atoms with E-state index in [1.807, 2.05) is 29.7 Å². The molecule has 0 bridgehead atoms. The Bertz CT molecular complexity index is 1070. The van der Waals surface area contributed by atoms with E-state index in [4.69, 9.17) is 0 Å². The van der Waals surface area contributed by atoms with Gasteiger partial charge in [-0.15, -0.1) is 0 Å². The second-order valence-electron chi connectivity index (χ2n) is 6.26. The largest absolute Gasteiger partial charge is 0.386 e. The quantitative estimate of drug-likeness (QED) is 0.567. The number of fused-ring (bicyclic) bond motifs is 1. The Balaban J connectivity index is 1.45. The summed E-state index contributed by atoms with van der Waals surface area (Å²) < 4.78 is 3.39. The topological polar surface area (TPSA) is 97.3 Å². The number of anilines is 1. The Morgan fingerprint density at radius 2 is 2.07 bits per heavy atom. The average Bonchev–Trinajstić information content (AvgIpc) is 3.32. The molecule has 0 aliphatic rings. The molecule has 0 aliphatic heterocycles. The fraction of sp³-hybridized carbons (Fsp3) is 0.158. The molecule has 8 nitrogen and oxygen atoms in total. The van der Waals surface area contributed by atoms with Crippen molar-refractivity contribution in [1.82, 2.24) is 24.1 Å². The Morgan fingerprint density at radius 1 is 1.26 bits per heavy atom. The zero-order valence-corrected chi connectivity index (χ0v) is 14.6. The lowest BCUT2D eigenvalue weighted by molar-refractivity contribution is 0.102. The number of carbonyl (C=O) groups is 1. The molecule has 0 saturated heterocycles. The third-order valence-electron chi connectivity index (χ3n) is 4.29. The second kappa shape index (κ2) is 7.00. The molecule has 4 aromatic rings. The fourth-order valence-electron chi connectivity index (χ4n) is 2.86. The van der Waals surface area contributed by atoms with Crippen LogP contribution < -0.4 is 5.32 Å². The molecule has 1 unspecified atom stereocenters. The molecule has 0 aliphatic carbocycles. The summed E-state index contributed by atoms with van der Waals surface area (Å²) in [6, 6.07) is 10.9. The van der Waals surface area contributed by atoms with E-state index in [1.165, 1.54) is 6.33 Å². The standard InChI is InChI=1S/C19H18N6O2/c1-13-3-2-8-24-9-16(23-18(13)24)19(27)22-15-6-4-14(5-7-15)17(26)10-25-12-20-11-21-25/h2-9,11-12,17,26H,10H2,1H3,(H,22,27). The molecule has 0 fully saturated rings. The summed E-state index contributed by atoms with van der Waals surface area (Å²) in [4.78, 5) is 20.7. The van der Waals surface area contributed by atoms with Gasteiger partial charge in [0.05, 0.1) is 12.6 Å². The summed E-state index contributed by atoms with van der Waals surface area (Å²) in [5, 5.41) is 17.1. The van der Waals surface area contributed by atoms with Gasteiger partial charge in [-0.05, 0) is 36.2 Å². The van der Waals surface area contributed by atoms with Gasteiger partial charge in [-0.2, -0.15) is 5.10 Å². The van der Waals surface area contributed by atoms with E-state index in [9.17, 15) is 9.90 Å². The van der Waals surface area contributed by atoms with Gasteiger partial charge in [0.25, 0.3) is 5.91 Å². The van der Waals surface area contributed by atoms with Crippen molar-refractivity contribution in [3.05, 3.63) is 78.3 Å². The SMILES string of the molecule is Cc1cccn2cc(C(=O)Nc3ccc(C(O)Cn4cncn4)cc3)nc12. The number of benzene rings is 1. The van der Waals surface area contributed by atoms with Gasteiger partial charge < -0.3 is 14.8 Å². The first-order valence-electron chi connectivity index (χ1n) is 8.46. The Kier molecular flexibility index (Phi) is 4.39. The van der Waals surface area contributed by atoms with Crippen LogP contribution in [0.3, 0.4) is 0 Å². The van der Waals surface area contributed by atoms with E-state index in [-0.39, 0.29) is 5.91 Å². The molecular formula is C19H18N6O2. The first-order chi connectivity index (χ1) is 13.1. The van der Waals surface area contributed by atoms with E-state index >= 15 is 0 Å². The van der Waals surface area contributed by atoms with E-state index in [1.54, 1.807) is 41.5 Å². The molecule has 136 valence electrons. The molecule has 4 rings (SSSR count). The van der Waals surface area contributed by atoms with Gasteiger partial charge in [0.15, 0.2) is 0 Å². The van der Waals surface area contributed by atoms with Crippen molar-refractivity contribution in [2.75, 3.05) is 5.32 Å². The Morgan fingerprint density at radius 3 is 2.78 bits per heavy atom. The van der Waals surface area contributed by atoms with Crippen LogP contribution in [0.15, 0.2) is 61.4 Å². The van der Waals surface area contributed by atoms with Crippen LogP contribution in [-0.2, 0) is 6.54 Å². The number of aliphatic hydroxyl groups excluding tert-OH is 1. The van der Waals surface area contributed by atoms with Crippen molar-refractivity contribution >= 4 is 17.2 Å². The van der Waals surface area contributed by atoms with Crippen LogP contribution in [0.4, 0.5) is 5.69 Å². The molecule has 8 heteroatoms. The van der Waals surface area contributed by atoms with Crippen molar-refractivity contribution in [2.45, 2.75) is 19.6 Å². The number of imidazole rings is 1. The third-order valence-corrected chi connectivity index (χ3v) is 4.29. The van der Waals surface area contributed by atoms with E-state index in [2.05, 4.69) is 20.4 Å². The predicted octanol–water partition coefficient (Wildman–Crippen LogP) is 2.22. The molecule has 0 saturated carbocycles. The molecule has 2 N–H and O–H groups in total. The summed E-state index contributed by atoms with van der Waals surface area (Å²) in [6.07, 6.45) is 5.82. The smallest absolute Gasteiger partial charge is 0.275 e. The lowest BCUT2D eigenvalue weighted by Crippen LogP contribution is -2.13. The zero-order chi connectivity index (χ0) is 18.8. The van der Waals surface area contributed by atoms with Crippen LogP contribution in [0.25, 0.3) is 5.65 Å². The maximum absolute atomic E-state index is 12.5. The summed E-state index contributed by atoms with van der Waals surface area (Å²) in [6.45, 7) is 2.26. The van der Waals surface area contributed by atoms with Crippen LogP contribution in [-0.4, -0.2) is 35.2 Å². The van der Waals surface area contributed by atoms with Gasteiger partial charge in [0.2, 0.25) is 0 Å². The highest BCUT2D eigenvalue weighted by atomic mass is 16.3. The number of nitrogens with one attached hydrogen (secondary N) is 1. The molecular weight excluding hydrogens is 344 g/mol. The number of nitrogens with zero attached hydrogens (tertiary/aromatic N) is 5. The van der Waals surface area contributed by atoms with Crippen molar-refractivity contribution < 1.29 is 9.90 Å². The molecule has 0 spiro atoms. The van der Waals surface area contributed by atoms with E-state index < -0.39 is 6.10 Å². The van der Waals surface area contributed by atoms with Gasteiger partial charge in [-0.1, -0.05) is 18.2 Å². The molecule has 1 aromatic carbocycles. The highest BCUT2D eigenvalue weighted by molar-refractivity contribution is 6.03. The zero-order valence-electron chi connectivity index (χ0n) is 14.6. The number of carbonyl (C=O) groups excluding carboxylic acids is 1. The number of aryl methyl sites for hydroxylation is 1. The minimum absolute atomic E-state index is 0.283. The lowest BCUT2D eigenvalue weighted by Gasteiger charge is -2.11. The number of hydrogen-bond donors (Lipinski definition) is 2. The van der Waals surface area contributed by atoms with Crippen molar-refractivity contribution in [2.24, 2.45) is 0 Å². The van der Waals surface area contributed by atoms with Crippen LogP contribution >= 0.6 is 0 Å². The number of aliphatic hydroxyl groups is 1. The molecule has 3 heterocycles. The van der Waals surface area contributed by atoms with Crippen LogP contribution in [0.1, 0.15) is 27.7 Å².